The van der Waals surface area contributed by atoms with Crippen molar-refractivity contribution in [3.8, 4) is 0 Å². The zero-order valence-corrected chi connectivity index (χ0v) is 15.5. The highest BCUT2D eigenvalue weighted by atomic mass is 16.6. The summed E-state index contributed by atoms with van der Waals surface area (Å²) in [5.74, 6) is -0.334. The normalized spacial score (nSPS) is 40.9. The van der Waals surface area contributed by atoms with Crippen LogP contribution in [0.25, 0.3) is 0 Å². The van der Waals surface area contributed by atoms with Crippen LogP contribution in [0.4, 0.5) is 0 Å². The summed E-state index contributed by atoms with van der Waals surface area (Å²) < 4.78 is 11.1. The van der Waals surface area contributed by atoms with E-state index in [4.69, 9.17) is 9.47 Å². The summed E-state index contributed by atoms with van der Waals surface area (Å²) in [5.41, 5.74) is 2.58. The Bertz CT molecular complexity index is 657. The quantitative estimate of drug-likeness (QED) is 0.374. The number of ether oxygens (including phenoxy) is 2. The molecule has 0 aromatic rings. The first-order valence-corrected chi connectivity index (χ1v) is 9.22. The van der Waals surface area contributed by atoms with E-state index in [0.717, 1.165) is 37.7 Å². The second-order valence-corrected chi connectivity index (χ2v) is 8.14. The molecule has 1 aliphatic carbocycles. The highest BCUT2D eigenvalue weighted by molar-refractivity contribution is 5.91. The van der Waals surface area contributed by atoms with E-state index in [2.05, 4.69) is 19.6 Å². The number of carbonyl (C=O) groups excluding carboxylic acids is 2. The highest BCUT2D eigenvalue weighted by Gasteiger charge is 2.45. The SMILES string of the molecule is C=C1C(=O)O[C@H]2/C=C(\C)CC3C[C@@](C)(CC/C=C(\C)CC[C@H]12)C(=O)O3. The Labute approximate surface area is 150 Å². The van der Waals surface area contributed by atoms with E-state index in [-0.39, 0.29) is 35.5 Å². The molecule has 0 spiro atoms. The molecule has 136 valence electrons. The average molecular weight is 344 g/mol. The minimum atomic E-state index is -0.386. The lowest BCUT2D eigenvalue weighted by atomic mass is 9.81. The summed E-state index contributed by atoms with van der Waals surface area (Å²) in [6.45, 7) is 10.1. The lowest BCUT2D eigenvalue weighted by molar-refractivity contribution is -0.148. The van der Waals surface area contributed by atoms with Crippen molar-refractivity contribution < 1.29 is 19.1 Å². The maximum atomic E-state index is 12.3. The number of fused-ring (bicyclic) bond motifs is 3. The Balaban J connectivity index is 1.86. The third-order valence-electron chi connectivity index (χ3n) is 5.83. The fourth-order valence-corrected chi connectivity index (χ4v) is 4.19. The molecular formula is C21H28O4. The van der Waals surface area contributed by atoms with Crippen LogP contribution in [0, 0.1) is 11.3 Å². The molecule has 2 heterocycles. The van der Waals surface area contributed by atoms with E-state index in [1.54, 1.807) is 0 Å². The van der Waals surface area contributed by atoms with Gasteiger partial charge in [0.25, 0.3) is 0 Å². The molecule has 2 aliphatic heterocycles. The van der Waals surface area contributed by atoms with Gasteiger partial charge in [-0.2, -0.15) is 0 Å². The van der Waals surface area contributed by atoms with Crippen LogP contribution in [-0.4, -0.2) is 24.1 Å². The minimum absolute atomic E-state index is 0.0325. The van der Waals surface area contributed by atoms with Gasteiger partial charge in [-0.15, -0.1) is 0 Å². The van der Waals surface area contributed by atoms with Crippen LogP contribution in [0.1, 0.15) is 59.3 Å². The van der Waals surface area contributed by atoms with E-state index in [0.29, 0.717) is 12.0 Å². The first-order chi connectivity index (χ1) is 11.8. The second-order valence-electron chi connectivity index (χ2n) is 8.14. The van der Waals surface area contributed by atoms with Crippen molar-refractivity contribution in [2.75, 3.05) is 0 Å². The first-order valence-electron chi connectivity index (χ1n) is 9.22. The largest absolute Gasteiger partial charge is 0.462 e. The van der Waals surface area contributed by atoms with Crippen LogP contribution in [-0.2, 0) is 19.1 Å². The molecule has 3 rings (SSSR count). The zero-order chi connectivity index (χ0) is 18.2. The Morgan fingerprint density at radius 2 is 1.96 bits per heavy atom. The van der Waals surface area contributed by atoms with E-state index < -0.39 is 0 Å². The van der Waals surface area contributed by atoms with Gasteiger partial charge in [0.1, 0.15) is 12.2 Å². The smallest absolute Gasteiger partial charge is 0.334 e. The summed E-state index contributed by atoms with van der Waals surface area (Å²) >= 11 is 0. The standard InChI is InChI=1S/C21H28O4/c1-13-6-5-9-21(4)12-16(24-20(21)23)10-14(2)11-18-17(8-7-13)15(3)19(22)25-18/h6,11,16-18H,3,5,7-10,12H2,1-2,4H3/b13-6+,14-11+/t16?,17-,18+,21-/m1/s1. The molecule has 0 aromatic carbocycles. The van der Waals surface area contributed by atoms with E-state index in [1.165, 1.54) is 5.57 Å². The fraction of sp³-hybridized carbons (Fsp3) is 0.619. The van der Waals surface area contributed by atoms with E-state index in [9.17, 15) is 9.59 Å². The van der Waals surface area contributed by atoms with Crippen LogP contribution in [0.3, 0.4) is 0 Å². The molecule has 4 nitrogen and oxygen atoms in total. The maximum Gasteiger partial charge on any atom is 0.334 e. The van der Waals surface area contributed by atoms with Gasteiger partial charge in [0.05, 0.1) is 5.41 Å². The minimum Gasteiger partial charge on any atom is -0.462 e. The number of hydrogen-bond donors (Lipinski definition) is 0. The van der Waals surface area contributed by atoms with Crippen molar-refractivity contribution in [1.29, 1.82) is 0 Å². The van der Waals surface area contributed by atoms with Gasteiger partial charge in [0.15, 0.2) is 0 Å². The summed E-state index contributed by atoms with van der Waals surface area (Å²) in [6, 6.07) is 0. The monoisotopic (exact) mass is 344 g/mol. The lowest BCUT2D eigenvalue weighted by Gasteiger charge is -2.19. The predicted octanol–water partition coefficient (Wildman–Crippen LogP) is 4.26. The van der Waals surface area contributed by atoms with Gasteiger partial charge in [0.2, 0.25) is 0 Å². The number of hydrogen-bond acceptors (Lipinski definition) is 4. The Hall–Kier alpha value is -1.84. The topological polar surface area (TPSA) is 52.6 Å². The average Bonchev–Trinajstić information content (AvgIpc) is 2.93. The molecular weight excluding hydrogens is 316 g/mol. The van der Waals surface area contributed by atoms with Crippen molar-refractivity contribution in [1.82, 2.24) is 0 Å². The molecule has 0 N–H and O–H groups in total. The number of carbonyl (C=O) groups is 2. The van der Waals surface area contributed by atoms with Crippen LogP contribution < -0.4 is 0 Å². The molecule has 3 aliphatic rings. The zero-order valence-electron chi connectivity index (χ0n) is 15.5. The molecule has 0 aromatic heterocycles. The molecule has 2 saturated heterocycles. The molecule has 0 saturated carbocycles. The molecule has 4 heteroatoms. The van der Waals surface area contributed by atoms with Gasteiger partial charge in [-0.05, 0) is 52.5 Å². The second kappa shape index (κ2) is 6.81. The molecule has 4 atom stereocenters. The van der Waals surface area contributed by atoms with Crippen molar-refractivity contribution in [3.05, 3.63) is 35.5 Å². The van der Waals surface area contributed by atoms with Gasteiger partial charge in [-0.3, -0.25) is 4.79 Å². The number of esters is 2. The number of allylic oxidation sites excluding steroid dienone is 2. The van der Waals surface area contributed by atoms with Crippen LogP contribution in [0.2, 0.25) is 0 Å². The molecule has 25 heavy (non-hydrogen) atoms. The van der Waals surface area contributed by atoms with Crippen molar-refractivity contribution in [2.45, 2.75) is 71.5 Å². The molecule has 0 radical (unpaired) electrons. The summed E-state index contributed by atoms with van der Waals surface area (Å²) in [7, 11) is 0. The van der Waals surface area contributed by atoms with E-state index >= 15 is 0 Å². The van der Waals surface area contributed by atoms with Crippen molar-refractivity contribution in [2.24, 2.45) is 11.3 Å². The predicted molar refractivity (Wildman–Crippen MR) is 95.7 cm³/mol. The molecule has 2 bridgehead atoms. The highest BCUT2D eigenvalue weighted by Crippen LogP contribution is 2.41. The van der Waals surface area contributed by atoms with Gasteiger partial charge in [0, 0.05) is 24.3 Å². The Kier molecular flexibility index (Phi) is 4.90. The van der Waals surface area contributed by atoms with Crippen LogP contribution in [0.5, 0.6) is 0 Å². The summed E-state index contributed by atoms with van der Waals surface area (Å²) in [4.78, 5) is 24.3. The third kappa shape index (κ3) is 3.73. The summed E-state index contributed by atoms with van der Waals surface area (Å²) in [5, 5.41) is 0. The molecule has 1 unspecified atom stereocenters. The third-order valence-corrected chi connectivity index (χ3v) is 5.83. The Morgan fingerprint density at radius 3 is 2.72 bits per heavy atom. The molecule has 2 fully saturated rings. The lowest BCUT2D eigenvalue weighted by Crippen LogP contribution is -2.22. The fourth-order valence-electron chi connectivity index (χ4n) is 4.19. The van der Waals surface area contributed by atoms with Crippen LogP contribution in [0.15, 0.2) is 35.5 Å². The maximum absolute atomic E-state index is 12.3. The van der Waals surface area contributed by atoms with E-state index in [1.807, 2.05) is 19.9 Å². The number of rotatable bonds is 0. The van der Waals surface area contributed by atoms with Crippen LogP contribution >= 0.6 is 0 Å². The molecule has 0 amide bonds. The summed E-state index contributed by atoms with van der Waals surface area (Å²) in [6.07, 6.45) is 8.83. The first kappa shape index (κ1) is 18.0. The van der Waals surface area contributed by atoms with Crippen molar-refractivity contribution >= 4 is 11.9 Å². The van der Waals surface area contributed by atoms with Gasteiger partial charge in [-0.1, -0.05) is 23.8 Å². The van der Waals surface area contributed by atoms with Gasteiger partial charge in [-0.25, -0.2) is 4.79 Å². The van der Waals surface area contributed by atoms with Gasteiger partial charge >= 0.3 is 11.9 Å². The Morgan fingerprint density at radius 1 is 1.20 bits per heavy atom. The van der Waals surface area contributed by atoms with Crippen molar-refractivity contribution in [3.63, 3.8) is 0 Å². The van der Waals surface area contributed by atoms with Gasteiger partial charge < -0.3 is 9.47 Å².